The Bertz CT molecular complexity index is 1300. The van der Waals surface area contributed by atoms with Crippen LogP contribution in [0.25, 0.3) is 22.3 Å². The van der Waals surface area contributed by atoms with E-state index in [9.17, 15) is 4.79 Å². The van der Waals surface area contributed by atoms with Crippen LogP contribution in [0.1, 0.15) is 33.4 Å². The number of carbonyl (C=O) groups excluding carboxylic acids is 1. The quantitative estimate of drug-likeness (QED) is 0.388. The summed E-state index contributed by atoms with van der Waals surface area (Å²) in [6, 6.07) is 16.1. The van der Waals surface area contributed by atoms with E-state index >= 15 is 0 Å². The lowest BCUT2D eigenvalue weighted by molar-refractivity contribution is 0.0531. The second kappa shape index (κ2) is 8.24. The monoisotopic (exact) mass is 418 g/mol. The number of fused-ring (bicyclic) bond motifs is 1. The lowest BCUT2D eigenvalue weighted by Crippen LogP contribution is -2.03. The van der Waals surface area contributed by atoms with Gasteiger partial charge in [-0.2, -0.15) is 0 Å². The van der Waals surface area contributed by atoms with E-state index in [0.717, 1.165) is 33.2 Å². The first kappa shape index (κ1) is 20.0. The van der Waals surface area contributed by atoms with Crippen molar-refractivity contribution in [3.8, 4) is 11.3 Å². The van der Waals surface area contributed by atoms with Crippen LogP contribution in [0.5, 0.6) is 0 Å². The molecule has 0 spiro atoms. The van der Waals surface area contributed by atoms with E-state index in [-0.39, 0.29) is 5.97 Å². The molecule has 6 heteroatoms. The number of hydrogen-bond donors (Lipinski definition) is 0. The van der Waals surface area contributed by atoms with Crippen LogP contribution in [-0.4, -0.2) is 17.6 Å². The van der Waals surface area contributed by atoms with E-state index in [4.69, 9.17) is 14.1 Å². The van der Waals surface area contributed by atoms with Gasteiger partial charge in [0.1, 0.15) is 16.2 Å². The Kier molecular flexibility index (Phi) is 5.50. The van der Waals surface area contributed by atoms with Gasteiger partial charge in [-0.3, -0.25) is 0 Å². The van der Waals surface area contributed by atoms with Crippen molar-refractivity contribution >= 4 is 33.4 Å². The summed E-state index contributed by atoms with van der Waals surface area (Å²) >= 11 is 1.24. The average molecular weight is 419 g/mol. The number of hydrogen-bond acceptors (Lipinski definition) is 6. The number of carbonyl (C=O) groups is 1. The topological polar surface area (TPSA) is 64.7 Å². The van der Waals surface area contributed by atoms with Crippen molar-refractivity contribution in [3.05, 3.63) is 75.6 Å². The molecule has 0 N–H and O–H groups in total. The van der Waals surface area contributed by atoms with Gasteiger partial charge in [-0.05, 0) is 39.8 Å². The second-order valence-electron chi connectivity index (χ2n) is 7.10. The van der Waals surface area contributed by atoms with Crippen LogP contribution in [0.15, 0.2) is 57.9 Å². The zero-order valence-electron chi connectivity index (χ0n) is 17.4. The normalized spacial score (nSPS) is 11.8. The van der Waals surface area contributed by atoms with Crippen molar-refractivity contribution in [2.24, 2.45) is 4.99 Å². The summed E-state index contributed by atoms with van der Waals surface area (Å²) in [6.07, 6.45) is 0. The number of esters is 1. The Morgan fingerprint density at radius 2 is 1.80 bits per heavy atom. The summed E-state index contributed by atoms with van der Waals surface area (Å²) in [5.41, 5.74) is 4.64. The predicted octanol–water partition coefficient (Wildman–Crippen LogP) is 5.89. The third-order valence-electron chi connectivity index (χ3n) is 4.70. The van der Waals surface area contributed by atoms with E-state index in [1.54, 1.807) is 13.8 Å². The van der Waals surface area contributed by atoms with Gasteiger partial charge in [0.05, 0.1) is 17.7 Å². The number of nitrogens with zero attached hydrogens (tertiary/aromatic N) is 2. The van der Waals surface area contributed by atoms with Crippen LogP contribution in [0.3, 0.4) is 0 Å². The summed E-state index contributed by atoms with van der Waals surface area (Å²) in [5, 5.41) is 2.16. The SMILES string of the molecule is CCOC(=O)c1sc(N=c2cc(-c3ccc(C)cc3)oc3ccc(C)cc23)nc1C. The molecular weight excluding hydrogens is 396 g/mol. The maximum absolute atomic E-state index is 12.1. The highest BCUT2D eigenvalue weighted by molar-refractivity contribution is 7.17. The Morgan fingerprint density at radius 1 is 1.07 bits per heavy atom. The highest BCUT2D eigenvalue weighted by atomic mass is 32.1. The van der Waals surface area contributed by atoms with Crippen molar-refractivity contribution < 1.29 is 13.9 Å². The molecule has 0 unspecified atom stereocenters. The Hall–Kier alpha value is -3.25. The number of ether oxygens (including phenoxy) is 1. The van der Waals surface area contributed by atoms with E-state index in [2.05, 4.69) is 24.0 Å². The Balaban J connectivity index is 1.90. The summed E-state index contributed by atoms with van der Waals surface area (Å²) in [5.74, 6) is 0.363. The van der Waals surface area contributed by atoms with Crippen LogP contribution < -0.4 is 5.36 Å². The third kappa shape index (κ3) is 4.04. The Labute approximate surface area is 178 Å². The molecule has 0 aliphatic heterocycles. The molecule has 0 bridgehead atoms. The molecule has 30 heavy (non-hydrogen) atoms. The summed E-state index contributed by atoms with van der Waals surface area (Å²) in [4.78, 5) is 21.9. The Morgan fingerprint density at radius 3 is 2.53 bits per heavy atom. The summed E-state index contributed by atoms with van der Waals surface area (Å²) in [7, 11) is 0. The van der Waals surface area contributed by atoms with Gasteiger partial charge in [0.25, 0.3) is 0 Å². The van der Waals surface area contributed by atoms with Crippen molar-refractivity contribution in [1.82, 2.24) is 4.98 Å². The minimum absolute atomic E-state index is 0.326. The minimum Gasteiger partial charge on any atom is -0.462 e. The standard InChI is InChI=1S/C24H22N2O3S/c1-5-28-23(27)22-16(4)25-24(30-22)26-19-13-21(17-9-6-14(2)7-10-17)29-20-11-8-15(3)12-18(19)20/h6-13H,5H2,1-4H3. The summed E-state index contributed by atoms with van der Waals surface area (Å²) in [6.45, 7) is 7.99. The molecule has 0 saturated carbocycles. The maximum Gasteiger partial charge on any atom is 0.350 e. The molecule has 0 amide bonds. The molecule has 4 aromatic rings. The zero-order chi connectivity index (χ0) is 21.3. The molecule has 2 aromatic heterocycles. The molecule has 0 saturated heterocycles. The minimum atomic E-state index is -0.363. The van der Waals surface area contributed by atoms with Gasteiger partial charge < -0.3 is 9.15 Å². The zero-order valence-corrected chi connectivity index (χ0v) is 18.2. The van der Waals surface area contributed by atoms with Crippen molar-refractivity contribution in [2.75, 3.05) is 6.61 Å². The fourth-order valence-electron chi connectivity index (χ4n) is 3.15. The van der Waals surface area contributed by atoms with Crippen LogP contribution in [0.2, 0.25) is 0 Å². The molecule has 0 radical (unpaired) electrons. The molecule has 0 fully saturated rings. The first-order valence-corrected chi connectivity index (χ1v) is 10.6. The lowest BCUT2D eigenvalue weighted by atomic mass is 10.1. The summed E-state index contributed by atoms with van der Waals surface area (Å²) < 4.78 is 11.3. The molecule has 2 heterocycles. The van der Waals surface area contributed by atoms with Gasteiger partial charge in [-0.25, -0.2) is 14.8 Å². The van der Waals surface area contributed by atoms with Crippen LogP contribution in [0, 0.1) is 20.8 Å². The van der Waals surface area contributed by atoms with Gasteiger partial charge in [0, 0.05) is 17.0 Å². The predicted molar refractivity (Wildman–Crippen MR) is 119 cm³/mol. The van der Waals surface area contributed by atoms with Gasteiger partial charge in [-0.15, -0.1) is 0 Å². The largest absolute Gasteiger partial charge is 0.462 e. The molecule has 0 atom stereocenters. The van der Waals surface area contributed by atoms with Crippen LogP contribution >= 0.6 is 11.3 Å². The van der Waals surface area contributed by atoms with E-state index in [1.165, 1.54) is 16.9 Å². The van der Waals surface area contributed by atoms with Crippen LogP contribution in [-0.2, 0) is 4.74 Å². The van der Waals surface area contributed by atoms with Gasteiger partial charge in [0.15, 0.2) is 0 Å². The van der Waals surface area contributed by atoms with Crippen LogP contribution in [0.4, 0.5) is 5.13 Å². The highest BCUT2D eigenvalue weighted by Gasteiger charge is 2.16. The lowest BCUT2D eigenvalue weighted by Gasteiger charge is -2.06. The number of aryl methyl sites for hydroxylation is 3. The fraction of sp³-hybridized carbons (Fsp3) is 0.208. The van der Waals surface area contributed by atoms with E-state index in [0.29, 0.717) is 22.3 Å². The second-order valence-corrected chi connectivity index (χ2v) is 8.08. The molecule has 2 aromatic carbocycles. The molecule has 0 aliphatic carbocycles. The van der Waals surface area contributed by atoms with Crippen molar-refractivity contribution in [1.29, 1.82) is 0 Å². The highest BCUT2D eigenvalue weighted by Crippen LogP contribution is 2.27. The average Bonchev–Trinajstić information content (AvgIpc) is 3.09. The fourth-order valence-corrected chi connectivity index (χ4v) is 4.00. The maximum atomic E-state index is 12.1. The molecule has 0 aliphatic rings. The van der Waals surface area contributed by atoms with Crippen molar-refractivity contribution in [3.63, 3.8) is 0 Å². The van der Waals surface area contributed by atoms with Gasteiger partial charge in [-0.1, -0.05) is 52.8 Å². The molecule has 4 rings (SSSR count). The van der Waals surface area contributed by atoms with E-state index < -0.39 is 0 Å². The van der Waals surface area contributed by atoms with Gasteiger partial charge >= 0.3 is 5.97 Å². The first-order valence-electron chi connectivity index (χ1n) is 9.75. The number of thiazole rings is 1. The van der Waals surface area contributed by atoms with Gasteiger partial charge in [0.2, 0.25) is 5.13 Å². The first-order chi connectivity index (χ1) is 14.4. The number of rotatable bonds is 4. The molecular formula is C24H22N2O3S. The number of benzene rings is 2. The van der Waals surface area contributed by atoms with Crippen molar-refractivity contribution in [2.45, 2.75) is 27.7 Å². The smallest absolute Gasteiger partial charge is 0.350 e. The van der Waals surface area contributed by atoms with E-state index in [1.807, 2.05) is 43.3 Å². The molecule has 5 nitrogen and oxygen atoms in total. The number of aromatic nitrogens is 1. The third-order valence-corrected chi connectivity index (χ3v) is 5.73. The molecule has 152 valence electrons.